The molecule has 0 fully saturated rings. The average Bonchev–Trinajstić information content (AvgIpc) is 2.60. The predicted octanol–water partition coefficient (Wildman–Crippen LogP) is 2.08. The Hall–Kier alpha value is -2.86. The first-order chi connectivity index (χ1) is 12.0. The minimum Gasteiger partial charge on any atom is -0.395 e. The Morgan fingerprint density at radius 3 is 2.60 bits per heavy atom. The second-order valence-corrected chi connectivity index (χ2v) is 5.78. The first-order valence-corrected chi connectivity index (χ1v) is 8.09. The van der Waals surface area contributed by atoms with Crippen LogP contribution in [0.3, 0.4) is 0 Å². The zero-order valence-corrected chi connectivity index (χ0v) is 14.4. The number of hydrogen-bond donors (Lipinski definition) is 4. The molecule has 0 spiro atoms. The fourth-order valence-corrected chi connectivity index (χ4v) is 2.37. The molecule has 25 heavy (non-hydrogen) atoms. The van der Waals surface area contributed by atoms with Gasteiger partial charge < -0.3 is 21.1 Å². The van der Waals surface area contributed by atoms with E-state index in [2.05, 4.69) is 16.0 Å². The Labute approximate surface area is 147 Å². The standard InChI is InChI=1S/C19H23N3O3/c1-13-6-7-17(14(2)10-13)22-18(24)12-21-16-5-3-4-15(11-16)19(25)20-8-9-23/h3-7,10-11,21,23H,8-9,12H2,1-2H3,(H,20,25)(H,22,24). The van der Waals surface area contributed by atoms with E-state index in [0.717, 1.165) is 16.8 Å². The van der Waals surface area contributed by atoms with Gasteiger partial charge in [0, 0.05) is 23.5 Å². The predicted molar refractivity (Wildman–Crippen MR) is 98.9 cm³/mol. The summed E-state index contributed by atoms with van der Waals surface area (Å²) in [5, 5.41) is 17.2. The van der Waals surface area contributed by atoms with Crippen molar-refractivity contribution < 1.29 is 14.7 Å². The van der Waals surface area contributed by atoms with Crippen LogP contribution >= 0.6 is 0 Å². The number of nitrogens with one attached hydrogen (secondary N) is 3. The van der Waals surface area contributed by atoms with Crippen molar-refractivity contribution in [3.05, 3.63) is 59.2 Å². The van der Waals surface area contributed by atoms with Gasteiger partial charge in [0.15, 0.2) is 0 Å². The summed E-state index contributed by atoms with van der Waals surface area (Å²) in [6.07, 6.45) is 0. The number of anilines is 2. The minimum atomic E-state index is -0.266. The summed E-state index contributed by atoms with van der Waals surface area (Å²) < 4.78 is 0. The Morgan fingerprint density at radius 1 is 1.08 bits per heavy atom. The van der Waals surface area contributed by atoms with E-state index in [9.17, 15) is 9.59 Å². The second kappa shape index (κ2) is 8.84. The van der Waals surface area contributed by atoms with Gasteiger partial charge in [-0.05, 0) is 43.7 Å². The van der Waals surface area contributed by atoms with Gasteiger partial charge in [-0.1, -0.05) is 23.8 Å². The lowest BCUT2D eigenvalue weighted by Crippen LogP contribution is -2.26. The molecule has 0 bridgehead atoms. The van der Waals surface area contributed by atoms with Gasteiger partial charge in [0.1, 0.15) is 0 Å². The van der Waals surface area contributed by atoms with Crippen molar-refractivity contribution >= 4 is 23.2 Å². The van der Waals surface area contributed by atoms with Gasteiger partial charge in [0.2, 0.25) is 5.91 Å². The number of aliphatic hydroxyl groups excluding tert-OH is 1. The van der Waals surface area contributed by atoms with E-state index >= 15 is 0 Å². The maximum Gasteiger partial charge on any atom is 0.251 e. The van der Waals surface area contributed by atoms with Crippen molar-refractivity contribution in [2.24, 2.45) is 0 Å². The third kappa shape index (κ3) is 5.61. The molecule has 2 amide bonds. The molecule has 0 radical (unpaired) electrons. The van der Waals surface area contributed by atoms with Crippen LogP contribution in [0, 0.1) is 13.8 Å². The number of carbonyl (C=O) groups is 2. The molecular formula is C19H23N3O3. The molecule has 0 aliphatic rings. The summed E-state index contributed by atoms with van der Waals surface area (Å²) >= 11 is 0. The van der Waals surface area contributed by atoms with E-state index in [1.165, 1.54) is 0 Å². The second-order valence-electron chi connectivity index (χ2n) is 5.78. The van der Waals surface area contributed by atoms with Gasteiger partial charge in [-0.3, -0.25) is 9.59 Å². The van der Waals surface area contributed by atoms with Crippen molar-refractivity contribution in [2.75, 3.05) is 30.3 Å². The van der Waals surface area contributed by atoms with E-state index < -0.39 is 0 Å². The van der Waals surface area contributed by atoms with Crippen LogP contribution in [0.5, 0.6) is 0 Å². The molecule has 2 aromatic rings. The summed E-state index contributed by atoms with van der Waals surface area (Å²) in [6.45, 7) is 4.14. The van der Waals surface area contributed by atoms with Crippen molar-refractivity contribution in [1.82, 2.24) is 5.32 Å². The molecule has 4 N–H and O–H groups in total. The Kier molecular flexibility index (Phi) is 6.54. The third-order valence-corrected chi connectivity index (χ3v) is 3.63. The number of hydrogen-bond acceptors (Lipinski definition) is 4. The van der Waals surface area contributed by atoms with Gasteiger partial charge in [-0.15, -0.1) is 0 Å². The Balaban J connectivity index is 1.92. The highest BCUT2D eigenvalue weighted by molar-refractivity contribution is 5.96. The molecular weight excluding hydrogens is 318 g/mol. The van der Waals surface area contributed by atoms with Crippen LogP contribution < -0.4 is 16.0 Å². The van der Waals surface area contributed by atoms with Crippen LogP contribution in [-0.4, -0.2) is 36.6 Å². The Morgan fingerprint density at radius 2 is 1.88 bits per heavy atom. The van der Waals surface area contributed by atoms with E-state index in [-0.39, 0.29) is 31.5 Å². The van der Waals surface area contributed by atoms with Crippen LogP contribution in [0.2, 0.25) is 0 Å². The molecule has 0 unspecified atom stereocenters. The summed E-state index contributed by atoms with van der Waals surface area (Å²) in [6, 6.07) is 12.7. The number of benzene rings is 2. The fourth-order valence-electron chi connectivity index (χ4n) is 2.37. The first-order valence-electron chi connectivity index (χ1n) is 8.09. The highest BCUT2D eigenvalue weighted by atomic mass is 16.3. The van der Waals surface area contributed by atoms with Crippen LogP contribution in [-0.2, 0) is 4.79 Å². The lowest BCUT2D eigenvalue weighted by Gasteiger charge is -2.11. The molecule has 0 saturated heterocycles. The zero-order valence-electron chi connectivity index (χ0n) is 14.4. The quantitative estimate of drug-likeness (QED) is 0.621. The van der Waals surface area contributed by atoms with Crippen molar-refractivity contribution in [2.45, 2.75) is 13.8 Å². The van der Waals surface area contributed by atoms with E-state index in [1.54, 1.807) is 24.3 Å². The number of aryl methyl sites for hydroxylation is 2. The summed E-state index contributed by atoms with van der Waals surface area (Å²) in [7, 11) is 0. The molecule has 132 valence electrons. The lowest BCUT2D eigenvalue weighted by atomic mass is 10.1. The molecule has 6 nitrogen and oxygen atoms in total. The van der Waals surface area contributed by atoms with Crippen molar-refractivity contribution in [3.63, 3.8) is 0 Å². The maximum atomic E-state index is 12.1. The van der Waals surface area contributed by atoms with E-state index in [4.69, 9.17) is 5.11 Å². The van der Waals surface area contributed by atoms with Crippen LogP contribution in [0.1, 0.15) is 21.5 Å². The van der Waals surface area contributed by atoms with Gasteiger partial charge >= 0.3 is 0 Å². The number of amides is 2. The van der Waals surface area contributed by atoms with Gasteiger partial charge in [-0.2, -0.15) is 0 Å². The molecule has 6 heteroatoms. The largest absolute Gasteiger partial charge is 0.395 e. The summed E-state index contributed by atoms with van der Waals surface area (Å²) in [5.41, 5.74) is 4.08. The van der Waals surface area contributed by atoms with Crippen molar-refractivity contribution in [1.29, 1.82) is 0 Å². The Bertz CT molecular complexity index is 759. The van der Waals surface area contributed by atoms with E-state index in [0.29, 0.717) is 11.3 Å². The molecule has 0 aromatic heterocycles. The lowest BCUT2D eigenvalue weighted by molar-refractivity contribution is -0.114. The monoisotopic (exact) mass is 341 g/mol. The fraction of sp³-hybridized carbons (Fsp3) is 0.263. The zero-order chi connectivity index (χ0) is 18.2. The molecule has 0 heterocycles. The molecule has 2 aromatic carbocycles. The smallest absolute Gasteiger partial charge is 0.251 e. The molecule has 0 saturated carbocycles. The van der Waals surface area contributed by atoms with Crippen LogP contribution in [0.4, 0.5) is 11.4 Å². The average molecular weight is 341 g/mol. The van der Waals surface area contributed by atoms with Gasteiger partial charge in [-0.25, -0.2) is 0 Å². The minimum absolute atomic E-state index is 0.0923. The first kappa shape index (κ1) is 18.5. The summed E-state index contributed by atoms with van der Waals surface area (Å²) in [4.78, 5) is 24.0. The SMILES string of the molecule is Cc1ccc(NC(=O)CNc2cccc(C(=O)NCCO)c2)c(C)c1. The van der Waals surface area contributed by atoms with Crippen LogP contribution in [0.15, 0.2) is 42.5 Å². The molecule has 0 aliphatic heterocycles. The van der Waals surface area contributed by atoms with Gasteiger partial charge in [0.05, 0.1) is 13.2 Å². The summed E-state index contributed by atoms with van der Waals surface area (Å²) in [5.74, 6) is -0.431. The molecule has 0 atom stereocenters. The number of aliphatic hydroxyl groups is 1. The van der Waals surface area contributed by atoms with Gasteiger partial charge in [0.25, 0.3) is 5.91 Å². The third-order valence-electron chi connectivity index (χ3n) is 3.63. The maximum absolute atomic E-state index is 12.1. The number of carbonyl (C=O) groups excluding carboxylic acids is 2. The van der Waals surface area contributed by atoms with Crippen molar-refractivity contribution in [3.8, 4) is 0 Å². The normalized spacial score (nSPS) is 10.2. The highest BCUT2D eigenvalue weighted by Crippen LogP contribution is 2.16. The topological polar surface area (TPSA) is 90.5 Å². The van der Waals surface area contributed by atoms with Crippen LogP contribution in [0.25, 0.3) is 0 Å². The number of rotatable bonds is 7. The molecule has 2 rings (SSSR count). The molecule has 0 aliphatic carbocycles. The highest BCUT2D eigenvalue weighted by Gasteiger charge is 2.07. The van der Waals surface area contributed by atoms with E-state index in [1.807, 2.05) is 32.0 Å².